The Morgan fingerprint density at radius 3 is 2.62 bits per heavy atom. The SMILES string of the molecule is CC(C)CC(NC(=O)c1cnc2ccccc2n1)C(=O)N([C@H]1CCCNCC1=O)S(=O)(=O)c1cccc(Cl)c1. The fourth-order valence-corrected chi connectivity index (χ4v) is 6.42. The molecule has 206 valence electrons. The smallest absolute Gasteiger partial charge is 0.272 e. The minimum Gasteiger partial charge on any atom is -0.339 e. The van der Waals surface area contributed by atoms with Crippen molar-refractivity contribution < 1.29 is 22.8 Å². The molecule has 2 N–H and O–H groups in total. The van der Waals surface area contributed by atoms with Crippen molar-refractivity contribution in [2.24, 2.45) is 5.92 Å². The van der Waals surface area contributed by atoms with E-state index in [0.29, 0.717) is 28.3 Å². The van der Waals surface area contributed by atoms with E-state index in [-0.39, 0.29) is 40.9 Å². The maximum absolute atomic E-state index is 14.1. The van der Waals surface area contributed by atoms with Gasteiger partial charge in [-0.25, -0.2) is 17.7 Å². The first kappa shape index (κ1) is 28.6. The lowest BCUT2D eigenvalue weighted by atomic mass is 10.0. The second kappa shape index (κ2) is 12.2. The number of Topliss-reactive ketones (excluding diaryl/α,β-unsaturated/α-hetero) is 1. The van der Waals surface area contributed by atoms with Crippen LogP contribution < -0.4 is 10.6 Å². The van der Waals surface area contributed by atoms with Gasteiger partial charge in [0, 0.05) is 5.02 Å². The Balaban J connectivity index is 1.73. The monoisotopic (exact) mass is 571 g/mol. The molecular weight excluding hydrogens is 542 g/mol. The van der Waals surface area contributed by atoms with E-state index in [0.717, 1.165) is 0 Å². The van der Waals surface area contributed by atoms with Gasteiger partial charge in [-0.15, -0.1) is 0 Å². The Kier molecular flexibility index (Phi) is 8.94. The molecular formula is C27H30ClN5O5S. The predicted molar refractivity (Wildman–Crippen MR) is 147 cm³/mol. The second-order valence-corrected chi connectivity index (χ2v) is 12.0. The van der Waals surface area contributed by atoms with E-state index in [9.17, 15) is 22.8 Å². The highest BCUT2D eigenvalue weighted by Crippen LogP contribution is 2.26. The number of fused-ring (bicyclic) bond motifs is 1. The third-order valence-electron chi connectivity index (χ3n) is 6.35. The Hall–Kier alpha value is -3.41. The van der Waals surface area contributed by atoms with Gasteiger partial charge in [0.15, 0.2) is 5.78 Å². The molecule has 3 aromatic rings. The molecule has 10 nitrogen and oxygen atoms in total. The van der Waals surface area contributed by atoms with Gasteiger partial charge in [-0.3, -0.25) is 19.4 Å². The molecule has 12 heteroatoms. The van der Waals surface area contributed by atoms with Crippen LogP contribution >= 0.6 is 11.6 Å². The second-order valence-electron chi connectivity index (χ2n) is 9.80. The predicted octanol–water partition coefficient (Wildman–Crippen LogP) is 2.97. The fourth-order valence-electron chi connectivity index (χ4n) is 4.48. The quantitative estimate of drug-likeness (QED) is 0.421. The molecule has 0 spiro atoms. The summed E-state index contributed by atoms with van der Waals surface area (Å²) in [6.07, 6.45) is 2.07. The van der Waals surface area contributed by atoms with Crippen LogP contribution in [-0.4, -0.2) is 65.5 Å². The van der Waals surface area contributed by atoms with E-state index < -0.39 is 39.7 Å². The number of nitrogens with one attached hydrogen (secondary N) is 2. The largest absolute Gasteiger partial charge is 0.339 e. The molecule has 0 saturated carbocycles. The van der Waals surface area contributed by atoms with Crippen LogP contribution in [0.25, 0.3) is 11.0 Å². The van der Waals surface area contributed by atoms with Crippen molar-refractivity contribution in [3.05, 3.63) is 65.4 Å². The summed E-state index contributed by atoms with van der Waals surface area (Å²) in [6.45, 7) is 4.12. The molecule has 0 radical (unpaired) electrons. The maximum atomic E-state index is 14.1. The summed E-state index contributed by atoms with van der Waals surface area (Å²) < 4.78 is 28.5. The Morgan fingerprint density at radius 2 is 1.90 bits per heavy atom. The lowest BCUT2D eigenvalue weighted by Gasteiger charge is -2.33. The van der Waals surface area contributed by atoms with Crippen LogP contribution in [0.15, 0.2) is 59.6 Å². The number of sulfonamides is 1. The van der Waals surface area contributed by atoms with E-state index in [1.54, 1.807) is 24.3 Å². The van der Waals surface area contributed by atoms with Crippen molar-refractivity contribution in [2.45, 2.75) is 50.1 Å². The summed E-state index contributed by atoms with van der Waals surface area (Å²) in [5, 5.41) is 5.79. The zero-order valence-corrected chi connectivity index (χ0v) is 23.2. The zero-order valence-electron chi connectivity index (χ0n) is 21.6. The summed E-state index contributed by atoms with van der Waals surface area (Å²) in [5.41, 5.74) is 1.08. The zero-order chi connectivity index (χ0) is 28.2. The molecule has 1 aromatic heterocycles. The summed E-state index contributed by atoms with van der Waals surface area (Å²) in [6, 6.07) is 10.1. The fraction of sp³-hybridized carbons (Fsp3) is 0.370. The highest BCUT2D eigenvalue weighted by molar-refractivity contribution is 7.89. The summed E-state index contributed by atoms with van der Waals surface area (Å²) in [7, 11) is -4.51. The number of hydrogen-bond donors (Lipinski definition) is 2. The van der Waals surface area contributed by atoms with Gasteiger partial charge in [0.25, 0.3) is 21.8 Å². The standard InChI is InChI=1S/C27H30ClN5O5S/c1-17(2)13-22(32-26(35)23-15-30-20-9-3-4-10-21(20)31-23)27(36)33(24-11-6-12-29-16-25(24)34)39(37,38)19-8-5-7-18(28)14-19/h3-5,7-10,14-15,17,22,24,29H,6,11-13,16H2,1-2H3,(H,32,35)/t22?,24-/m0/s1. The maximum Gasteiger partial charge on any atom is 0.272 e. The van der Waals surface area contributed by atoms with Crippen molar-refractivity contribution in [1.82, 2.24) is 24.9 Å². The topological polar surface area (TPSA) is 138 Å². The average Bonchev–Trinajstić information content (AvgIpc) is 3.11. The average molecular weight is 572 g/mol. The third kappa shape index (κ3) is 6.60. The molecule has 4 rings (SSSR count). The summed E-state index contributed by atoms with van der Waals surface area (Å²) >= 11 is 6.07. The number of hydrogen-bond acceptors (Lipinski definition) is 8. The summed E-state index contributed by atoms with van der Waals surface area (Å²) in [5.74, 6) is -2.10. The van der Waals surface area contributed by atoms with Gasteiger partial charge in [-0.1, -0.05) is 43.6 Å². The van der Waals surface area contributed by atoms with Crippen LogP contribution in [0.1, 0.15) is 43.6 Å². The normalized spacial score (nSPS) is 17.0. The molecule has 2 amide bonds. The molecule has 39 heavy (non-hydrogen) atoms. The molecule has 1 fully saturated rings. The van der Waals surface area contributed by atoms with Crippen molar-refractivity contribution in [1.29, 1.82) is 0 Å². The highest BCUT2D eigenvalue weighted by Gasteiger charge is 2.43. The first-order valence-electron chi connectivity index (χ1n) is 12.7. The van der Waals surface area contributed by atoms with Crippen LogP contribution in [0.4, 0.5) is 0 Å². The molecule has 1 unspecified atom stereocenters. The van der Waals surface area contributed by atoms with Crippen LogP contribution in [0.3, 0.4) is 0 Å². The van der Waals surface area contributed by atoms with E-state index in [1.165, 1.54) is 30.5 Å². The number of aromatic nitrogens is 2. The minimum absolute atomic E-state index is 0.0192. The number of carbonyl (C=O) groups is 3. The molecule has 1 saturated heterocycles. The van der Waals surface area contributed by atoms with E-state index >= 15 is 0 Å². The van der Waals surface area contributed by atoms with Gasteiger partial charge in [0.2, 0.25) is 0 Å². The van der Waals surface area contributed by atoms with E-state index in [4.69, 9.17) is 11.6 Å². The first-order chi connectivity index (χ1) is 18.6. The molecule has 0 aliphatic carbocycles. The first-order valence-corrected chi connectivity index (χ1v) is 14.5. The molecule has 0 bridgehead atoms. The number of benzene rings is 2. The summed E-state index contributed by atoms with van der Waals surface area (Å²) in [4.78, 5) is 48.8. The highest BCUT2D eigenvalue weighted by atomic mass is 35.5. The van der Waals surface area contributed by atoms with Gasteiger partial charge in [-0.2, -0.15) is 0 Å². The molecule has 2 atom stereocenters. The number of para-hydroxylation sites is 2. The molecule has 2 aromatic carbocycles. The Bertz CT molecular complexity index is 1500. The van der Waals surface area contributed by atoms with Gasteiger partial charge in [0.1, 0.15) is 17.8 Å². The number of amides is 2. The lowest BCUT2D eigenvalue weighted by molar-refractivity contribution is -0.135. The van der Waals surface area contributed by atoms with Crippen molar-refractivity contribution in [2.75, 3.05) is 13.1 Å². The van der Waals surface area contributed by atoms with Crippen LogP contribution in [0.5, 0.6) is 0 Å². The van der Waals surface area contributed by atoms with Gasteiger partial charge < -0.3 is 10.6 Å². The number of rotatable bonds is 8. The Morgan fingerprint density at radius 1 is 1.15 bits per heavy atom. The number of nitrogens with zero attached hydrogens (tertiary/aromatic N) is 3. The van der Waals surface area contributed by atoms with Crippen LogP contribution in [0.2, 0.25) is 5.02 Å². The lowest BCUT2D eigenvalue weighted by Crippen LogP contribution is -2.56. The van der Waals surface area contributed by atoms with Crippen molar-refractivity contribution >= 4 is 50.3 Å². The molecule has 2 heterocycles. The number of halogens is 1. The minimum atomic E-state index is -4.51. The van der Waals surface area contributed by atoms with E-state index in [1.807, 2.05) is 13.8 Å². The van der Waals surface area contributed by atoms with Crippen molar-refractivity contribution in [3.8, 4) is 0 Å². The molecule has 1 aliphatic heterocycles. The van der Waals surface area contributed by atoms with E-state index in [2.05, 4.69) is 20.6 Å². The molecule has 1 aliphatic rings. The van der Waals surface area contributed by atoms with Crippen LogP contribution in [0, 0.1) is 5.92 Å². The number of ketones is 1. The van der Waals surface area contributed by atoms with Gasteiger partial charge >= 0.3 is 0 Å². The third-order valence-corrected chi connectivity index (χ3v) is 8.38. The van der Waals surface area contributed by atoms with Gasteiger partial charge in [-0.05, 0) is 62.1 Å². The van der Waals surface area contributed by atoms with Gasteiger partial charge in [0.05, 0.1) is 28.7 Å². The number of carbonyl (C=O) groups excluding carboxylic acids is 3. The van der Waals surface area contributed by atoms with Crippen LogP contribution in [-0.2, 0) is 19.6 Å². The Labute approximate surface area is 232 Å². The van der Waals surface area contributed by atoms with Crippen molar-refractivity contribution in [3.63, 3.8) is 0 Å².